The van der Waals surface area contributed by atoms with E-state index in [1.54, 1.807) is 6.20 Å². The lowest BCUT2D eigenvalue weighted by molar-refractivity contribution is 0.658. The van der Waals surface area contributed by atoms with Gasteiger partial charge in [0.25, 0.3) is 0 Å². The molecule has 10 aromatic rings. The van der Waals surface area contributed by atoms with Gasteiger partial charge in [0, 0.05) is 39.4 Å². The van der Waals surface area contributed by atoms with Crippen LogP contribution in [0.5, 0.6) is 0 Å². The Kier molecular flexibility index (Phi) is 6.49. The molecule has 234 valence electrons. The van der Waals surface area contributed by atoms with E-state index < -0.39 is 0 Å². The van der Waals surface area contributed by atoms with Gasteiger partial charge in [0.15, 0.2) is 0 Å². The van der Waals surface area contributed by atoms with E-state index in [2.05, 4.69) is 180 Å². The molecular weight excluding hydrogens is 609 g/mol. The molecular formula is C47H30N2O. The van der Waals surface area contributed by atoms with Crippen molar-refractivity contribution < 1.29 is 4.42 Å². The second-order valence-electron chi connectivity index (χ2n) is 12.8. The maximum absolute atomic E-state index is 6.40. The summed E-state index contributed by atoms with van der Waals surface area (Å²) in [5, 5.41) is 9.17. The molecule has 0 saturated heterocycles. The molecule has 8 aromatic carbocycles. The number of pyridine rings is 1. The molecule has 3 nitrogen and oxygen atoms in total. The number of anilines is 3. The lowest BCUT2D eigenvalue weighted by Gasteiger charge is -2.27. The van der Waals surface area contributed by atoms with Gasteiger partial charge in [-0.3, -0.25) is 0 Å². The van der Waals surface area contributed by atoms with Gasteiger partial charge >= 0.3 is 0 Å². The van der Waals surface area contributed by atoms with Crippen LogP contribution in [0.2, 0.25) is 0 Å². The van der Waals surface area contributed by atoms with Gasteiger partial charge in [-0.15, -0.1) is 0 Å². The molecule has 0 N–H and O–H groups in total. The van der Waals surface area contributed by atoms with Gasteiger partial charge in [0.1, 0.15) is 5.58 Å². The second-order valence-corrected chi connectivity index (χ2v) is 12.8. The Labute approximate surface area is 289 Å². The Morgan fingerprint density at radius 1 is 0.380 bits per heavy atom. The molecule has 0 radical (unpaired) electrons. The summed E-state index contributed by atoms with van der Waals surface area (Å²) in [6.07, 6.45) is 1.78. The molecule has 10 rings (SSSR count). The predicted octanol–water partition coefficient (Wildman–Crippen LogP) is 13.2. The zero-order valence-electron chi connectivity index (χ0n) is 27.1. The zero-order valence-corrected chi connectivity index (χ0v) is 27.1. The highest BCUT2D eigenvalue weighted by atomic mass is 16.3. The van der Waals surface area contributed by atoms with Crippen LogP contribution in [-0.4, -0.2) is 4.98 Å². The van der Waals surface area contributed by atoms with Gasteiger partial charge in [-0.05, 0) is 110 Å². The highest BCUT2D eigenvalue weighted by Gasteiger charge is 2.17. The van der Waals surface area contributed by atoms with Crippen molar-refractivity contribution in [1.82, 2.24) is 4.98 Å². The normalized spacial score (nSPS) is 11.6. The minimum absolute atomic E-state index is 0.667. The van der Waals surface area contributed by atoms with Gasteiger partial charge in [-0.1, -0.05) is 115 Å². The molecule has 50 heavy (non-hydrogen) atoms. The molecule has 0 unspecified atom stereocenters. The van der Waals surface area contributed by atoms with Crippen molar-refractivity contribution >= 4 is 71.4 Å². The average Bonchev–Trinajstić information content (AvgIpc) is 3.57. The molecule has 0 amide bonds. The smallest absolute Gasteiger partial charge is 0.227 e. The highest BCUT2D eigenvalue weighted by Crippen LogP contribution is 2.42. The lowest BCUT2D eigenvalue weighted by Crippen LogP contribution is -2.10. The average molecular weight is 639 g/mol. The fourth-order valence-corrected chi connectivity index (χ4v) is 7.42. The van der Waals surface area contributed by atoms with Crippen molar-refractivity contribution in [3.05, 3.63) is 182 Å². The number of benzene rings is 8. The fraction of sp³-hybridized carbons (Fsp3) is 0. The SMILES string of the molecule is c1ccc(-c2cccc(N(c3ccc(-c4ccc5ccccc5c4)cc3)c3ccc4c(ccc5ccc6c7cccnc7oc6c54)c3)c2)cc1. The van der Waals surface area contributed by atoms with E-state index in [0.717, 1.165) is 55.0 Å². The van der Waals surface area contributed by atoms with E-state index >= 15 is 0 Å². The minimum atomic E-state index is 0.667. The van der Waals surface area contributed by atoms with Crippen molar-refractivity contribution in [3.8, 4) is 22.3 Å². The third-order valence-electron chi connectivity index (χ3n) is 9.87. The van der Waals surface area contributed by atoms with Crippen LogP contribution >= 0.6 is 0 Å². The molecule has 0 aliphatic rings. The molecule has 3 heteroatoms. The number of rotatable bonds is 5. The number of nitrogens with zero attached hydrogens (tertiary/aromatic N) is 2. The first-order valence-electron chi connectivity index (χ1n) is 16.9. The van der Waals surface area contributed by atoms with Gasteiger partial charge in [-0.25, -0.2) is 4.98 Å². The molecule has 0 atom stereocenters. The third-order valence-corrected chi connectivity index (χ3v) is 9.87. The molecule has 0 fully saturated rings. The summed E-state index contributed by atoms with van der Waals surface area (Å²) < 4.78 is 6.40. The molecule has 0 spiro atoms. The van der Waals surface area contributed by atoms with Crippen molar-refractivity contribution in [2.75, 3.05) is 4.90 Å². The quantitative estimate of drug-likeness (QED) is 0.176. The van der Waals surface area contributed by atoms with Crippen LogP contribution in [-0.2, 0) is 0 Å². The van der Waals surface area contributed by atoms with Crippen LogP contribution < -0.4 is 4.90 Å². The number of hydrogen-bond acceptors (Lipinski definition) is 3. The van der Waals surface area contributed by atoms with E-state index in [9.17, 15) is 0 Å². The first-order valence-corrected chi connectivity index (χ1v) is 16.9. The first kappa shape index (κ1) is 28.3. The van der Waals surface area contributed by atoms with Gasteiger partial charge < -0.3 is 9.32 Å². The van der Waals surface area contributed by atoms with Crippen molar-refractivity contribution in [3.63, 3.8) is 0 Å². The summed E-state index contributed by atoms with van der Waals surface area (Å²) in [6.45, 7) is 0. The van der Waals surface area contributed by atoms with Crippen LogP contribution in [0.4, 0.5) is 17.1 Å². The highest BCUT2D eigenvalue weighted by molar-refractivity contribution is 6.23. The Hall–Kier alpha value is -6.71. The molecule has 2 aromatic heterocycles. The van der Waals surface area contributed by atoms with E-state index in [4.69, 9.17) is 4.42 Å². The van der Waals surface area contributed by atoms with Gasteiger partial charge in [0.2, 0.25) is 5.71 Å². The molecule has 0 saturated carbocycles. The summed E-state index contributed by atoms with van der Waals surface area (Å²) in [6, 6.07) is 63.1. The van der Waals surface area contributed by atoms with Crippen molar-refractivity contribution in [2.24, 2.45) is 0 Å². The van der Waals surface area contributed by atoms with Crippen LogP contribution in [0, 0.1) is 0 Å². The monoisotopic (exact) mass is 638 g/mol. The van der Waals surface area contributed by atoms with E-state index in [-0.39, 0.29) is 0 Å². The van der Waals surface area contributed by atoms with Gasteiger partial charge in [0.05, 0.1) is 0 Å². The van der Waals surface area contributed by atoms with E-state index in [0.29, 0.717) is 5.71 Å². The summed E-state index contributed by atoms with van der Waals surface area (Å²) in [7, 11) is 0. The van der Waals surface area contributed by atoms with Crippen LogP contribution in [0.25, 0.3) is 76.6 Å². The van der Waals surface area contributed by atoms with Crippen LogP contribution in [0.3, 0.4) is 0 Å². The molecule has 2 heterocycles. The van der Waals surface area contributed by atoms with Crippen LogP contribution in [0.1, 0.15) is 0 Å². The van der Waals surface area contributed by atoms with E-state index in [1.165, 1.54) is 33.0 Å². The summed E-state index contributed by atoms with van der Waals surface area (Å²) in [5.74, 6) is 0. The largest absolute Gasteiger partial charge is 0.437 e. The standard InChI is InChI=1S/C47H30N2O/c1-2-8-31(9-3-1)36-12-6-13-40(29-36)49(39-22-19-33(20-23-39)37-17-15-32-10-4-5-11-35(32)28-37)41-24-26-42-38(30-41)18-16-34-21-25-43-44-14-7-27-48-47(44)50-46(43)45(34)42/h1-30H. The second kappa shape index (κ2) is 11.5. The van der Waals surface area contributed by atoms with E-state index in [1.807, 2.05) is 6.07 Å². The fourth-order valence-electron chi connectivity index (χ4n) is 7.42. The number of furan rings is 1. The van der Waals surface area contributed by atoms with Crippen molar-refractivity contribution in [2.45, 2.75) is 0 Å². The number of hydrogen-bond donors (Lipinski definition) is 0. The van der Waals surface area contributed by atoms with Crippen LogP contribution in [0.15, 0.2) is 187 Å². The van der Waals surface area contributed by atoms with Crippen molar-refractivity contribution in [1.29, 1.82) is 0 Å². The first-order chi connectivity index (χ1) is 24.8. The molecule has 0 aliphatic heterocycles. The minimum Gasteiger partial charge on any atom is -0.437 e. The third kappa shape index (κ3) is 4.71. The maximum atomic E-state index is 6.40. The zero-order chi connectivity index (χ0) is 33.0. The Morgan fingerprint density at radius 2 is 1.04 bits per heavy atom. The predicted molar refractivity (Wildman–Crippen MR) is 210 cm³/mol. The molecule has 0 bridgehead atoms. The Balaban J connectivity index is 1.13. The number of fused-ring (bicyclic) bond motifs is 8. The lowest BCUT2D eigenvalue weighted by atomic mass is 9.98. The summed E-state index contributed by atoms with van der Waals surface area (Å²) in [4.78, 5) is 6.86. The topological polar surface area (TPSA) is 29.3 Å². The Bertz CT molecular complexity index is 2870. The Morgan fingerprint density at radius 3 is 1.94 bits per heavy atom. The number of aromatic nitrogens is 1. The maximum Gasteiger partial charge on any atom is 0.227 e. The summed E-state index contributed by atoms with van der Waals surface area (Å²) >= 11 is 0. The molecule has 0 aliphatic carbocycles. The van der Waals surface area contributed by atoms with Gasteiger partial charge in [-0.2, -0.15) is 0 Å². The summed E-state index contributed by atoms with van der Waals surface area (Å²) in [5.41, 5.74) is 9.57.